The largest absolute Gasteiger partial charge is 0.440 e. The number of thiophene rings is 1. The highest BCUT2D eigenvalue weighted by Crippen LogP contribution is 2.39. The lowest BCUT2D eigenvalue weighted by molar-refractivity contribution is -0.305. The molecule has 0 aliphatic carbocycles. The summed E-state index contributed by atoms with van der Waals surface area (Å²) < 4.78 is 87.5. The highest BCUT2D eigenvalue weighted by molar-refractivity contribution is 7.16. The number of hydrogen-bond donors (Lipinski definition) is 0. The number of nitriles is 1. The molecule has 0 saturated heterocycles. The molecule has 32 heavy (non-hydrogen) atoms. The van der Waals surface area contributed by atoms with Crippen molar-refractivity contribution in [1.29, 1.82) is 5.26 Å². The van der Waals surface area contributed by atoms with Crippen molar-refractivity contribution in [2.75, 3.05) is 0 Å². The first-order valence-electron chi connectivity index (χ1n) is 8.28. The predicted octanol–water partition coefficient (Wildman–Crippen LogP) is 5.23. The molecular formula is C17H9ClF6N4O3S. The number of alkyl halides is 6. The number of carbonyl (C=O) groups is 1. The highest BCUT2D eigenvalue weighted by atomic mass is 35.5. The number of ether oxygens (including phenoxy) is 1. The smallest absolute Gasteiger partial charge is 0.410 e. The Morgan fingerprint density at radius 2 is 2.00 bits per heavy atom. The van der Waals surface area contributed by atoms with Crippen LogP contribution in [0.3, 0.4) is 0 Å². The van der Waals surface area contributed by atoms with Crippen molar-refractivity contribution in [3.8, 4) is 34.0 Å². The van der Waals surface area contributed by atoms with Crippen LogP contribution in [-0.2, 0) is 7.05 Å². The monoisotopic (exact) mass is 498 g/mol. The maximum Gasteiger partial charge on any atom is 0.440 e. The minimum absolute atomic E-state index is 0.0175. The minimum Gasteiger partial charge on any atom is -0.410 e. The van der Waals surface area contributed by atoms with Gasteiger partial charge in [0.25, 0.3) is 11.4 Å². The van der Waals surface area contributed by atoms with Crippen molar-refractivity contribution in [3.63, 3.8) is 0 Å². The molecule has 0 spiro atoms. The van der Waals surface area contributed by atoms with Gasteiger partial charge in [-0.2, -0.15) is 27.2 Å². The van der Waals surface area contributed by atoms with E-state index in [1.165, 1.54) is 26.1 Å². The average Bonchev–Trinajstić information content (AvgIpc) is 3.38. The van der Waals surface area contributed by atoms with E-state index in [2.05, 4.69) is 15.0 Å². The van der Waals surface area contributed by atoms with Gasteiger partial charge < -0.3 is 9.26 Å². The summed E-state index contributed by atoms with van der Waals surface area (Å²) in [5, 5.41) is 15.5. The zero-order valence-electron chi connectivity index (χ0n) is 15.8. The van der Waals surface area contributed by atoms with Crippen molar-refractivity contribution in [2.24, 2.45) is 7.05 Å². The molecule has 0 bridgehead atoms. The molecule has 0 amide bonds. The summed E-state index contributed by atoms with van der Waals surface area (Å²) in [4.78, 5) is 11.7. The maximum atomic E-state index is 13.6. The molecule has 0 saturated carbocycles. The Kier molecular flexibility index (Phi) is 6.00. The summed E-state index contributed by atoms with van der Waals surface area (Å²) in [5.74, 6) is -0.859. The number of rotatable bonds is 6. The second kappa shape index (κ2) is 8.14. The molecule has 0 N–H and O–H groups in total. The van der Waals surface area contributed by atoms with E-state index in [0.29, 0.717) is 4.88 Å². The van der Waals surface area contributed by atoms with Gasteiger partial charge in [-0.15, -0.1) is 16.4 Å². The van der Waals surface area contributed by atoms with Gasteiger partial charge >= 0.3 is 12.3 Å². The predicted molar refractivity (Wildman–Crippen MR) is 98.2 cm³/mol. The molecule has 0 aliphatic heterocycles. The molecule has 3 aromatic heterocycles. The van der Waals surface area contributed by atoms with Gasteiger partial charge in [-0.25, -0.2) is 4.39 Å². The van der Waals surface area contributed by atoms with E-state index in [9.17, 15) is 31.1 Å². The molecule has 3 aromatic rings. The molecule has 3 heterocycles. The first-order valence-corrected chi connectivity index (χ1v) is 9.48. The van der Waals surface area contributed by atoms with Crippen LogP contribution in [0.25, 0.3) is 22.0 Å². The summed E-state index contributed by atoms with van der Waals surface area (Å²) >= 11 is 6.30. The second-order valence-corrected chi connectivity index (χ2v) is 7.68. The number of halogens is 7. The summed E-state index contributed by atoms with van der Waals surface area (Å²) in [6.45, 7) is 1.20. The fraction of sp³-hybridized carbons (Fsp3) is 0.294. The lowest BCUT2D eigenvalue weighted by Crippen LogP contribution is -2.45. The van der Waals surface area contributed by atoms with Crippen molar-refractivity contribution in [1.82, 2.24) is 14.9 Å². The van der Waals surface area contributed by atoms with E-state index in [1.807, 2.05) is 6.07 Å². The van der Waals surface area contributed by atoms with Gasteiger partial charge in [-0.1, -0.05) is 5.16 Å². The van der Waals surface area contributed by atoms with Crippen LogP contribution in [-0.4, -0.2) is 38.6 Å². The van der Waals surface area contributed by atoms with Gasteiger partial charge in [-0.05, 0) is 24.6 Å². The Morgan fingerprint density at radius 3 is 2.53 bits per heavy atom. The third kappa shape index (κ3) is 4.30. The lowest BCUT2D eigenvalue weighted by atomic mass is 10.2. The maximum absolute atomic E-state index is 13.6. The molecule has 0 fully saturated rings. The third-order valence-corrected chi connectivity index (χ3v) is 5.35. The van der Waals surface area contributed by atoms with E-state index in [0.717, 1.165) is 16.0 Å². The lowest BCUT2D eigenvalue weighted by Gasteiger charge is -2.22. The Morgan fingerprint density at radius 1 is 1.34 bits per heavy atom. The zero-order chi connectivity index (χ0) is 24.0. The quantitative estimate of drug-likeness (QED) is 0.341. The van der Waals surface area contributed by atoms with E-state index in [4.69, 9.17) is 21.4 Å². The first-order chi connectivity index (χ1) is 14.8. The zero-order valence-corrected chi connectivity index (χ0v) is 17.4. The number of aromatic nitrogens is 3. The van der Waals surface area contributed by atoms with E-state index < -0.39 is 29.6 Å². The summed E-state index contributed by atoms with van der Waals surface area (Å²) in [7, 11) is 1.27. The Labute approximate surface area is 183 Å². The molecule has 1 atom stereocenters. The summed E-state index contributed by atoms with van der Waals surface area (Å²) in [5.41, 5.74) is -0.169. The van der Waals surface area contributed by atoms with Crippen LogP contribution in [0.4, 0.5) is 26.3 Å². The van der Waals surface area contributed by atoms with Gasteiger partial charge in [0.15, 0.2) is 5.76 Å². The van der Waals surface area contributed by atoms with Crippen molar-refractivity contribution < 1.29 is 40.4 Å². The molecule has 15 heteroatoms. The van der Waals surface area contributed by atoms with Crippen LogP contribution in [0.5, 0.6) is 5.88 Å². The summed E-state index contributed by atoms with van der Waals surface area (Å²) in [6.07, 6.45) is -15.6. The van der Waals surface area contributed by atoms with Crippen molar-refractivity contribution in [3.05, 3.63) is 28.1 Å². The fourth-order valence-electron chi connectivity index (χ4n) is 2.68. The van der Waals surface area contributed by atoms with Gasteiger partial charge in [0.1, 0.15) is 16.6 Å². The molecule has 0 aromatic carbocycles. The van der Waals surface area contributed by atoms with Crippen LogP contribution in [0.1, 0.15) is 20.8 Å². The van der Waals surface area contributed by atoms with E-state index in [1.54, 1.807) is 0 Å². The number of carbonyl (C=O) groups excluding carboxylic acids is 1. The second-order valence-electron chi connectivity index (χ2n) is 6.29. The van der Waals surface area contributed by atoms with Gasteiger partial charge in [0, 0.05) is 18.7 Å². The molecule has 0 radical (unpaired) electrons. The minimum atomic E-state index is -5.84. The van der Waals surface area contributed by atoms with Gasteiger partial charge in [0.05, 0.1) is 16.1 Å². The number of nitrogens with zero attached hydrogens (tertiary/aromatic N) is 4. The van der Waals surface area contributed by atoms with Crippen LogP contribution in [0.15, 0.2) is 16.7 Å². The van der Waals surface area contributed by atoms with Crippen molar-refractivity contribution >= 4 is 28.2 Å². The van der Waals surface area contributed by atoms with Crippen LogP contribution in [0.2, 0.25) is 0 Å². The van der Waals surface area contributed by atoms with Gasteiger partial charge in [0.2, 0.25) is 5.88 Å². The number of hydrogen-bond acceptors (Lipinski definition) is 7. The molecule has 3 rings (SSSR count). The van der Waals surface area contributed by atoms with Crippen LogP contribution < -0.4 is 4.74 Å². The first kappa shape index (κ1) is 23.6. The van der Waals surface area contributed by atoms with E-state index >= 15 is 0 Å². The standard InChI is InChI=1S/C17H9ClF6N4O3S/c1-6-12(28(2)26-14(6)30-17(23,24)15(19)16(20,21)22)8-4-9(31-27-8)10-3-7(13(18)29)11(5-25)32-10/h3-4,15H,1-2H3. The third-order valence-electron chi connectivity index (χ3n) is 4.10. The fourth-order valence-corrected chi connectivity index (χ4v) is 3.78. The van der Waals surface area contributed by atoms with Crippen molar-refractivity contribution in [2.45, 2.75) is 25.4 Å². The number of aryl methyl sites for hydroxylation is 1. The molecule has 170 valence electrons. The molecule has 0 aliphatic rings. The van der Waals surface area contributed by atoms with E-state index in [-0.39, 0.29) is 33.2 Å². The molecule has 7 nitrogen and oxygen atoms in total. The molecule has 1 unspecified atom stereocenters. The average molecular weight is 499 g/mol. The Bertz CT molecular complexity index is 1230. The summed E-state index contributed by atoms with van der Waals surface area (Å²) in [6, 6.07) is 4.42. The van der Waals surface area contributed by atoms with Crippen LogP contribution >= 0.6 is 22.9 Å². The Balaban J connectivity index is 1.95. The Hall–Kier alpha value is -3.05. The van der Waals surface area contributed by atoms with Crippen LogP contribution in [0, 0.1) is 18.3 Å². The molecular weight excluding hydrogens is 490 g/mol. The normalized spacial score (nSPS) is 13.1. The highest BCUT2D eigenvalue weighted by Gasteiger charge is 2.59. The topological polar surface area (TPSA) is 93.9 Å². The SMILES string of the molecule is Cc1c(OC(F)(F)C(F)C(F)(F)F)nn(C)c1-c1cc(-c2cc(C(=O)Cl)c(C#N)s2)on1. The van der Waals surface area contributed by atoms with Gasteiger partial charge in [-0.3, -0.25) is 9.48 Å².